The standard InChI is InChI=1S/C34H34O2Si2/c1-33(27-17-7-3-8-18-27,28-19-9-4-10-20-28)35-37-31-25-15-16-26-32(31)38-36-34(2,29-21-11-5-12-22-29)30-23-13-6-14-24-30/h3-26H,37-38H2,1-2H3. The van der Waals surface area contributed by atoms with Gasteiger partial charge in [0.05, 0.1) is 0 Å². The van der Waals surface area contributed by atoms with Gasteiger partial charge in [-0.05, 0) is 46.5 Å². The molecule has 4 heteroatoms. The smallest absolute Gasteiger partial charge is 0.193 e. The molecular weight excluding hydrogens is 497 g/mol. The first-order chi connectivity index (χ1) is 18.6. The SMILES string of the molecule is CC(O[SiH2]c1ccccc1[SiH2]OC(C)(c1ccccc1)c1ccccc1)(c1ccccc1)c1ccccc1. The molecule has 0 aliphatic carbocycles. The lowest BCUT2D eigenvalue weighted by Crippen LogP contribution is -2.43. The van der Waals surface area contributed by atoms with E-state index in [1.807, 2.05) is 0 Å². The molecule has 38 heavy (non-hydrogen) atoms. The normalized spacial score (nSPS) is 12.5. The van der Waals surface area contributed by atoms with Crippen LogP contribution in [0.1, 0.15) is 36.1 Å². The van der Waals surface area contributed by atoms with Crippen molar-refractivity contribution in [2.24, 2.45) is 0 Å². The van der Waals surface area contributed by atoms with Gasteiger partial charge in [-0.15, -0.1) is 0 Å². The number of hydrogen-bond acceptors (Lipinski definition) is 2. The van der Waals surface area contributed by atoms with Crippen molar-refractivity contribution in [3.05, 3.63) is 168 Å². The van der Waals surface area contributed by atoms with Gasteiger partial charge in [0.15, 0.2) is 19.5 Å². The molecule has 0 bridgehead atoms. The zero-order chi connectivity index (χ0) is 26.3. The fourth-order valence-corrected chi connectivity index (χ4v) is 8.21. The van der Waals surface area contributed by atoms with Crippen LogP contribution < -0.4 is 10.4 Å². The summed E-state index contributed by atoms with van der Waals surface area (Å²) >= 11 is 0. The molecule has 0 N–H and O–H groups in total. The molecule has 2 nitrogen and oxygen atoms in total. The van der Waals surface area contributed by atoms with Crippen LogP contribution in [0.25, 0.3) is 0 Å². The molecule has 0 saturated carbocycles. The van der Waals surface area contributed by atoms with Crippen molar-refractivity contribution in [1.82, 2.24) is 0 Å². The molecular formula is C34H34O2Si2. The maximum absolute atomic E-state index is 6.94. The summed E-state index contributed by atoms with van der Waals surface area (Å²) < 4.78 is 13.9. The van der Waals surface area contributed by atoms with Crippen molar-refractivity contribution in [2.45, 2.75) is 25.0 Å². The van der Waals surface area contributed by atoms with Gasteiger partial charge in [-0.2, -0.15) is 0 Å². The van der Waals surface area contributed by atoms with Gasteiger partial charge < -0.3 is 8.85 Å². The second-order valence-electron chi connectivity index (χ2n) is 9.88. The van der Waals surface area contributed by atoms with Crippen molar-refractivity contribution in [2.75, 3.05) is 0 Å². The Labute approximate surface area is 231 Å². The minimum atomic E-state index is -1.07. The fourth-order valence-electron chi connectivity index (χ4n) is 4.97. The summed E-state index contributed by atoms with van der Waals surface area (Å²) in [5.74, 6) is 0. The number of rotatable bonds is 10. The zero-order valence-electron chi connectivity index (χ0n) is 22.1. The lowest BCUT2D eigenvalue weighted by Gasteiger charge is -2.33. The van der Waals surface area contributed by atoms with Crippen molar-refractivity contribution in [3.8, 4) is 0 Å². The van der Waals surface area contributed by atoms with Gasteiger partial charge in [0.25, 0.3) is 0 Å². The van der Waals surface area contributed by atoms with Crippen molar-refractivity contribution in [1.29, 1.82) is 0 Å². The highest BCUT2D eigenvalue weighted by molar-refractivity contribution is 6.61. The monoisotopic (exact) mass is 530 g/mol. The van der Waals surface area contributed by atoms with Crippen LogP contribution >= 0.6 is 0 Å². The number of benzene rings is 5. The van der Waals surface area contributed by atoms with Gasteiger partial charge in [-0.3, -0.25) is 0 Å². The quantitative estimate of drug-likeness (QED) is 0.235. The van der Waals surface area contributed by atoms with Gasteiger partial charge in [0.1, 0.15) is 11.2 Å². The van der Waals surface area contributed by atoms with E-state index in [4.69, 9.17) is 8.85 Å². The molecule has 5 rings (SSSR count). The first kappa shape index (κ1) is 26.1. The fraction of sp³-hybridized carbons (Fsp3) is 0.118. The van der Waals surface area contributed by atoms with Crippen molar-refractivity contribution in [3.63, 3.8) is 0 Å². The summed E-state index contributed by atoms with van der Waals surface area (Å²) in [6.45, 7) is 4.40. The maximum atomic E-state index is 6.94. The van der Waals surface area contributed by atoms with Crippen LogP contribution in [-0.2, 0) is 20.1 Å². The topological polar surface area (TPSA) is 18.5 Å². The second-order valence-corrected chi connectivity index (χ2v) is 12.6. The Bertz CT molecular complexity index is 1230. The molecule has 0 atom stereocenters. The van der Waals surface area contributed by atoms with Gasteiger partial charge in [0, 0.05) is 0 Å². The number of hydrogen-bond donors (Lipinski definition) is 0. The lowest BCUT2D eigenvalue weighted by molar-refractivity contribution is 0.142. The molecule has 0 heterocycles. The van der Waals surface area contributed by atoms with Crippen LogP contribution in [0.4, 0.5) is 0 Å². The van der Waals surface area contributed by atoms with E-state index in [0.717, 1.165) is 0 Å². The Morgan fingerprint density at radius 3 is 0.868 bits per heavy atom. The Kier molecular flexibility index (Phi) is 8.15. The second kappa shape index (κ2) is 11.9. The summed E-state index contributed by atoms with van der Waals surface area (Å²) in [5, 5.41) is 2.64. The molecule has 0 aliphatic heterocycles. The molecule has 0 radical (unpaired) electrons. The molecule has 0 aromatic heterocycles. The largest absolute Gasteiger partial charge is 0.405 e. The van der Waals surface area contributed by atoms with Crippen molar-refractivity contribution < 1.29 is 8.85 Å². The molecule has 0 spiro atoms. The predicted molar refractivity (Wildman–Crippen MR) is 164 cm³/mol. The molecule has 5 aromatic rings. The van der Waals surface area contributed by atoms with Crippen LogP contribution in [0, 0.1) is 0 Å². The Morgan fingerprint density at radius 2 is 0.605 bits per heavy atom. The van der Waals surface area contributed by atoms with Crippen LogP contribution in [0.15, 0.2) is 146 Å². The van der Waals surface area contributed by atoms with Crippen molar-refractivity contribution >= 4 is 29.9 Å². The highest BCUT2D eigenvalue weighted by Gasteiger charge is 2.31. The van der Waals surface area contributed by atoms with Crippen LogP contribution in [0.2, 0.25) is 0 Å². The van der Waals surface area contributed by atoms with Crippen LogP contribution in [-0.4, -0.2) is 19.5 Å². The van der Waals surface area contributed by atoms with Gasteiger partial charge in [0.2, 0.25) is 0 Å². The van der Waals surface area contributed by atoms with Crippen LogP contribution in [0.5, 0.6) is 0 Å². The van der Waals surface area contributed by atoms with E-state index in [0.29, 0.717) is 0 Å². The van der Waals surface area contributed by atoms with E-state index in [9.17, 15) is 0 Å². The minimum absolute atomic E-state index is 0.507. The van der Waals surface area contributed by atoms with E-state index in [1.54, 1.807) is 0 Å². The minimum Gasteiger partial charge on any atom is -0.405 e. The summed E-state index contributed by atoms with van der Waals surface area (Å²) in [6, 6.07) is 50.9. The average Bonchev–Trinajstić information content (AvgIpc) is 3.01. The molecule has 0 aliphatic rings. The summed E-state index contributed by atoms with van der Waals surface area (Å²) in [4.78, 5) is 0. The first-order valence-electron chi connectivity index (χ1n) is 13.2. The van der Waals surface area contributed by atoms with Gasteiger partial charge >= 0.3 is 0 Å². The van der Waals surface area contributed by atoms with E-state index >= 15 is 0 Å². The van der Waals surface area contributed by atoms with E-state index in [1.165, 1.54) is 32.6 Å². The third-order valence-corrected chi connectivity index (χ3v) is 11.4. The molecule has 5 aromatic carbocycles. The van der Waals surface area contributed by atoms with Crippen LogP contribution in [0.3, 0.4) is 0 Å². The first-order valence-corrected chi connectivity index (χ1v) is 15.7. The Balaban J connectivity index is 1.41. The Morgan fingerprint density at radius 1 is 0.368 bits per heavy atom. The molecule has 0 saturated heterocycles. The van der Waals surface area contributed by atoms with Gasteiger partial charge in [-0.1, -0.05) is 146 Å². The summed E-state index contributed by atoms with van der Waals surface area (Å²) in [5.41, 5.74) is 3.67. The summed E-state index contributed by atoms with van der Waals surface area (Å²) in [7, 11) is -2.13. The van der Waals surface area contributed by atoms with E-state index in [2.05, 4.69) is 159 Å². The average molecular weight is 531 g/mol. The zero-order valence-corrected chi connectivity index (χ0v) is 24.9. The lowest BCUT2D eigenvalue weighted by atomic mass is 9.88. The third kappa shape index (κ3) is 5.64. The highest BCUT2D eigenvalue weighted by atomic mass is 28.2. The summed E-state index contributed by atoms with van der Waals surface area (Å²) in [6.07, 6.45) is 0. The molecule has 0 unspecified atom stereocenters. The highest BCUT2D eigenvalue weighted by Crippen LogP contribution is 2.34. The molecule has 0 fully saturated rings. The van der Waals surface area contributed by atoms with E-state index in [-0.39, 0.29) is 0 Å². The Hall–Kier alpha value is -3.55. The molecule has 0 amide bonds. The maximum Gasteiger partial charge on any atom is 0.193 e. The predicted octanol–water partition coefficient (Wildman–Crippen LogP) is 5.07. The van der Waals surface area contributed by atoms with Gasteiger partial charge in [-0.25, -0.2) is 0 Å². The molecule has 190 valence electrons. The van der Waals surface area contributed by atoms with E-state index < -0.39 is 30.7 Å². The third-order valence-electron chi connectivity index (χ3n) is 7.45.